The lowest BCUT2D eigenvalue weighted by Crippen LogP contribution is -2.03. The molecule has 0 aliphatic heterocycles. The molecule has 0 unspecified atom stereocenters. The molecule has 1 aromatic heterocycles. The van der Waals surface area contributed by atoms with E-state index >= 15 is 0 Å². The van der Waals surface area contributed by atoms with Crippen LogP contribution in [0.1, 0.15) is 25.7 Å². The van der Waals surface area contributed by atoms with Crippen molar-refractivity contribution in [3.8, 4) is 0 Å². The van der Waals surface area contributed by atoms with Gasteiger partial charge in [0, 0.05) is 26.2 Å². The number of aryl methyl sites for hydroxylation is 1. The number of ketones is 1. The number of benzene rings is 1. The summed E-state index contributed by atoms with van der Waals surface area (Å²) in [6.45, 7) is 3.50. The topological polar surface area (TPSA) is 43.1 Å². The lowest BCUT2D eigenvalue weighted by atomic mass is 10.1. The number of rotatable bonds is 2. The Balaban J connectivity index is 2.50. The molecular weight excluding hydrogens is 317 g/mol. The van der Waals surface area contributed by atoms with Crippen molar-refractivity contribution in [3.05, 3.63) is 49.4 Å². The standard InChI is InChI=1S/C13H11BrFNOS/c1-6-3-9(14)13(18-6)12(17)8-4-10(15)7(2)11(16)5-8/h3-5H,16H2,1-2H3. The molecular formula is C13H11BrFNOS. The minimum absolute atomic E-state index is 0.217. The lowest BCUT2D eigenvalue weighted by Gasteiger charge is -2.05. The zero-order valence-electron chi connectivity index (χ0n) is 9.88. The van der Waals surface area contributed by atoms with Gasteiger partial charge in [0.15, 0.2) is 0 Å². The van der Waals surface area contributed by atoms with E-state index in [4.69, 9.17) is 5.73 Å². The van der Waals surface area contributed by atoms with Crippen LogP contribution in [0.15, 0.2) is 22.7 Å². The fourth-order valence-corrected chi connectivity index (χ4v) is 3.38. The Morgan fingerprint density at radius 2 is 2.00 bits per heavy atom. The van der Waals surface area contributed by atoms with Crippen LogP contribution in [0, 0.1) is 19.7 Å². The average Bonchev–Trinajstić information content (AvgIpc) is 2.63. The van der Waals surface area contributed by atoms with Gasteiger partial charge in [-0.15, -0.1) is 11.3 Å². The molecule has 0 bridgehead atoms. The van der Waals surface area contributed by atoms with E-state index in [1.165, 1.54) is 23.5 Å². The molecule has 1 heterocycles. The van der Waals surface area contributed by atoms with Gasteiger partial charge in [-0.1, -0.05) is 0 Å². The van der Waals surface area contributed by atoms with Gasteiger partial charge < -0.3 is 5.73 Å². The fourth-order valence-electron chi connectivity index (χ4n) is 1.60. The van der Waals surface area contributed by atoms with Crippen LogP contribution < -0.4 is 5.73 Å². The first-order chi connectivity index (χ1) is 8.40. The number of carbonyl (C=O) groups excluding carboxylic acids is 1. The summed E-state index contributed by atoms with van der Waals surface area (Å²) >= 11 is 4.70. The van der Waals surface area contributed by atoms with Gasteiger partial charge in [0.2, 0.25) is 5.78 Å². The van der Waals surface area contributed by atoms with Crippen LogP contribution in [0.4, 0.5) is 10.1 Å². The van der Waals surface area contributed by atoms with Gasteiger partial charge >= 0.3 is 0 Å². The van der Waals surface area contributed by atoms with Gasteiger partial charge in [-0.05, 0) is 48.0 Å². The van der Waals surface area contributed by atoms with Gasteiger partial charge in [0.05, 0.1) is 4.88 Å². The highest BCUT2D eigenvalue weighted by Crippen LogP contribution is 2.30. The Hall–Kier alpha value is -1.20. The summed E-state index contributed by atoms with van der Waals surface area (Å²) in [4.78, 5) is 13.8. The number of nitrogens with two attached hydrogens (primary N) is 1. The predicted octanol–water partition coefficient (Wildman–Crippen LogP) is 4.08. The largest absolute Gasteiger partial charge is 0.398 e. The van der Waals surface area contributed by atoms with E-state index in [1.807, 2.05) is 13.0 Å². The van der Waals surface area contributed by atoms with Crippen LogP contribution in [0.5, 0.6) is 0 Å². The molecule has 0 aliphatic rings. The Bertz CT molecular complexity index is 613. The summed E-state index contributed by atoms with van der Waals surface area (Å²) in [5.74, 6) is -0.673. The van der Waals surface area contributed by atoms with Crippen LogP contribution in [0.25, 0.3) is 0 Å². The van der Waals surface area contributed by atoms with Gasteiger partial charge in [0.25, 0.3) is 0 Å². The van der Waals surface area contributed by atoms with Crippen LogP contribution in [0.3, 0.4) is 0 Å². The third-order valence-electron chi connectivity index (χ3n) is 2.66. The van der Waals surface area contributed by atoms with Crippen molar-refractivity contribution in [2.75, 3.05) is 5.73 Å². The molecule has 2 rings (SSSR count). The van der Waals surface area contributed by atoms with E-state index < -0.39 is 5.82 Å². The molecule has 0 atom stereocenters. The molecule has 94 valence electrons. The SMILES string of the molecule is Cc1cc(Br)c(C(=O)c2cc(N)c(C)c(F)c2)s1. The Morgan fingerprint density at radius 3 is 2.50 bits per heavy atom. The van der Waals surface area contributed by atoms with Gasteiger partial charge in [0.1, 0.15) is 5.82 Å². The number of carbonyl (C=O) groups is 1. The maximum Gasteiger partial charge on any atom is 0.204 e. The number of hydrogen-bond acceptors (Lipinski definition) is 3. The number of hydrogen-bond donors (Lipinski definition) is 1. The van der Waals surface area contributed by atoms with E-state index in [0.717, 1.165) is 9.35 Å². The molecule has 2 nitrogen and oxygen atoms in total. The van der Waals surface area contributed by atoms with Gasteiger partial charge in [-0.3, -0.25) is 4.79 Å². The first-order valence-electron chi connectivity index (χ1n) is 5.26. The smallest absolute Gasteiger partial charge is 0.204 e. The molecule has 0 spiro atoms. The van der Waals surface area contributed by atoms with Crippen molar-refractivity contribution in [3.63, 3.8) is 0 Å². The molecule has 2 aromatic rings. The quantitative estimate of drug-likeness (QED) is 0.667. The molecule has 5 heteroatoms. The minimum atomic E-state index is -0.456. The van der Waals surface area contributed by atoms with Crippen molar-refractivity contribution in [1.82, 2.24) is 0 Å². The van der Waals surface area contributed by atoms with Crippen molar-refractivity contribution in [2.45, 2.75) is 13.8 Å². The summed E-state index contributed by atoms with van der Waals surface area (Å²) in [6, 6.07) is 4.61. The zero-order chi connectivity index (χ0) is 13.4. The Kier molecular flexibility index (Phi) is 3.54. The lowest BCUT2D eigenvalue weighted by molar-refractivity contribution is 0.104. The Morgan fingerprint density at radius 1 is 1.33 bits per heavy atom. The van der Waals surface area contributed by atoms with Crippen LogP contribution in [-0.2, 0) is 0 Å². The van der Waals surface area contributed by atoms with Crippen molar-refractivity contribution in [2.24, 2.45) is 0 Å². The number of thiophene rings is 1. The molecule has 18 heavy (non-hydrogen) atoms. The number of anilines is 1. The normalized spacial score (nSPS) is 10.7. The molecule has 0 amide bonds. The van der Waals surface area contributed by atoms with E-state index in [-0.39, 0.29) is 11.3 Å². The van der Waals surface area contributed by atoms with E-state index in [0.29, 0.717) is 16.1 Å². The monoisotopic (exact) mass is 327 g/mol. The summed E-state index contributed by atoms with van der Waals surface area (Å²) in [5.41, 5.74) is 6.62. The van der Waals surface area contributed by atoms with Crippen molar-refractivity contribution >= 4 is 38.7 Å². The van der Waals surface area contributed by atoms with Crippen molar-refractivity contribution < 1.29 is 9.18 Å². The summed E-state index contributed by atoms with van der Waals surface area (Å²) in [5, 5.41) is 0. The Labute approximate surface area is 117 Å². The average molecular weight is 328 g/mol. The molecule has 0 saturated heterocycles. The second kappa shape index (κ2) is 4.82. The highest BCUT2D eigenvalue weighted by molar-refractivity contribution is 9.10. The maximum atomic E-state index is 13.6. The molecule has 0 fully saturated rings. The third-order valence-corrected chi connectivity index (χ3v) is 4.60. The summed E-state index contributed by atoms with van der Waals surface area (Å²) in [7, 11) is 0. The molecule has 0 aliphatic carbocycles. The van der Waals surface area contributed by atoms with Crippen LogP contribution in [-0.4, -0.2) is 5.78 Å². The summed E-state index contributed by atoms with van der Waals surface area (Å²) in [6.07, 6.45) is 0. The fraction of sp³-hybridized carbons (Fsp3) is 0.154. The molecule has 0 radical (unpaired) electrons. The molecule has 1 aromatic carbocycles. The van der Waals surface area contributed by atoms with Gasteiger partial charge in [-0.25, -0.2) is 4.39 Å². The maximum absolute atomic E-state index is 13.6. The van der Waals surface area contributed by atoms with E-state index in [2.05, 4.69) is 15.9 Å². The first-order valence-corrected chi connectivity index (χ1v) is 6.87. The second-order valence-electron chi connectivity index (χ2n) is 4.04. The highest BCUT2D eigenvalue weighted by atomic mass is 79.9. The third kappa shape index (κ3) is 2.33. The zero-order valence-corrected chi connectivity index (χ0v) is 12.3. The second-order valence-corrected chi connectivity index (χ2v) is 6.15. The highest BCUT2D eigenvalue weighted by Gasteiger charge is 2.17. The molecule has 0 saturated carbocycles. The minimum Gasteiger partial charge on any atom is -0.398 e. The number of halogens is 2. The van der Waals surface area contributed by atoms with Gasteiger partial charge in [-0.2, -0.15) is 0 Å². The molecule has 2 N–H and O–H groups in total. The van der Waals surface area contributed by atoms with Crippen molar-refractivity contribution in [1.29, 1.82) is 0 Å². The van der Waals surface area contributed by atoms with Crippen LogP contribution in [0.2, 0.25) is 0 Å². The van der Waals surface area contributed by atoms with Crippen LogP contribution >= 0.6 is 27.3 Å². The van der Waals surface area contributed by atoms with E-state index in [1.54, 1.807) is 6.92 Å². The first kappa shape index (κ1) is 13.2. The number of nitrogen functional groups attached to an aromatic ring is 1. The van der Waals surface area contributed by atoms with E-state index in [9.17, 15) is 9.18 Å². The summed E-state index contributed by atoms with van der Waals surface area (Å²) < 4.78 is 14.3. The predicted molar refractivity (Wildman–Crippen MR) is 75.7 cm³/mol.